The molecule has 2 aliphatic rings. The number of morpholine rings is 1. The number of amides is 1. The Kier molecular flexibility index (Phi) is 7.67. The largest absolute Gasteiger partial charge is 0.493 e. The summed E-state index contributed by atoms with van der Waals surface area (Å²) in [5, 5.41) is 0. The summed E-state index contributed by atoms with van der Waals surface area (Å²) in [7, 11) is 3.24. The predicted molar refractivity (Wildman–Crippen MR) is 108 cm³/mol. The van der Waals surface area contributed by atoms with Crippen LogP contribution in [0.4, 0.5) is 0 Å². The van der Waals surface area contributed by atoms with Crippen molar-refractivity contribution in [2.45, 2.75) is 18.9 Å². The minimum atomic E-state index is 0.197. The topological polar surface area (TPSA) is 51.2 Å². The lowest BCUT2D eigenvalue weighted by Gasteiger charge is -2.35. The van der Waals surface area contributed by atoms with Crippen LogP contribution in [0.2, 0.25) is 0 Å². The molecule has 6 nitrogen and oxygen atoms in total. The normalized spacial score (nSPS) is 21.6. The van der Waals surface area contributed by atoms with Gasteiger partial charge in [-0.05, 0) is 29.9 Å². The van der Waals surface area contributed by atoms with Gasteiger partial charge in [0.05, 0.1) is 39.9 Å². The molecule has 1 atom stereocenters. The molecule has 150 valence electrons. The average molecular weight is 395 g/mol. The molecule has 2 heterocycles. The molecule has 2 fully saturated rings. The summed E-state index contributed by atoms with van der Waals surface area (Å²) in [6.45, 7) is 5.28. The number of rotatable bonds is 6. The van der Waals surface area contributed by atoms with Crippen molar-refractivity contribution in [3.8, 4) is 11.5 Å². The van der Waals surface area contributed by atoms with Crippen molar-refractivity contribution < 1.29 is 19.0 Å². The van der Waals surface area contributed by atoms with Crippen molar-refractivity contribution in [3.63, 3.8) is 0 Å². The SMILES string of the molecule is COc1ccc(CC(=O)N2CCCSC[C@@H]2CN2CCOCC2)cc1OC. The Labute approximate surface area is 166 Å². The molecule has 0 bridgehead atoms. The van der Waals surface area contributed by atoms with Gasteiger partial charge >= 0.3 is 0 Å². The highest BCUT2D eigenvalue weighted by atomic mass is 32.2. The third kappa shape index (κ3) is 5.53. The van der Waals surface area contributed by atoms with E-state index in [0.717, 1.165) is 62.9 Å². The molecule has 1 aromatic carbocycles. The highest BCUT2D eigenvalue weighted by Crippen LogP contribution is 2.28. The number of hydrogen-bond acceptors (Lipinski definition) is 6. The fraction of sp³-hybridized carbons (Fsp3) is 0.650. The van der Waals surface area contributed by atoms with E-state index in [9.17, 15) is 4.79 Å². The van der Waals surface area contributed by atoms with Crippen LogP contribution in [0, 0.1) is 0 Å². The minimum absolute atomic E-state index is 0.197. The summed E-state index contributed by atoms with van der Waals surface area (Å²) in [6.07, 6.45) is 1.45. The summed E-state index contributed by atoms with van der Waals surface area (Å²) in [6, 6.07) is 5.98. The number of ether oxygens (including phenoxy) is 3. The van der Waals surface area contributed by atoms with Gasteiger partial charge in [-0.3, -0.25) is 9.69 Å². The van der Waals surface area contributed by atoms with Crippen LogP contribution < -0.4 is 9.47 Å². The molecule has 0 saturated carbocycles. The standard InChI is InChI=1S/C20H30N2O4S/c1-24-18-5-4-16(12-19(18)25-2)13-20(23)22-6-3-11-27-15-17(22)14-21-7-9-26-10-8-21/h4-5,12,17H,3,6-11,13-15H2,1-2H3/t17-/m0/s1. The quantitative estimate of drug-likeness (QED) is 0.735. The van der Waals surface area contributed by atoms with Crippen LogP contribution >= 0.6 is 11.8 Å². The second-order valence-electron chi connectivity index (χ2n) is 6.95. The number of nitrogens with zero attached hydrogens (tertiary/aromatic N) is 2. The zero-order chi connectivity index (χ0) is 19.1. The van der Waals surface area contributed by atoms with Crippen LogP contribution in [0.25, 0.3) is 0 Å². The van der Waals surface area contributed by atoms with Gasteiger partial charge in [-0.1, -0.05) is 6.07 Å². The van der Waals surface area contributed by atoms with Crippen LogP contribution in [-0.2, 0) is 16.0 Å². The Morgan fingerprint density at radius 3 is 2.70 bits per heavy atom. The smallest absolute Gasteiger partial charge is 0.227 e. The van der Waals surface area contributed by atoms with Crippen LogP contribution in [-0.4, -0.2) is 86.9 Å². The van der Waals surface area contributed by atoms with Gasteiger partial charge in [0, 0.05) is 31.9 Å². The first kappa shape index (κ1) is 20.3. The van der Waals surface area contributed by atoms with Crippen molar-refractivity contribution >= 4 is 17.7 Å². The molecule has 3 rings (SSSR count). The third-order valence-corrected chi connectivity index (χ3v) is 6.33. The van der Waals surface area contributed by atoms with Gasteiger partial charge in [-0.2, -0.15) is 11.8 Å². The maximum Gasteiger partial charge on any atom is 0.227 e. The zero-order valence-corrected chi connectivity index (χ0v) is 17.1. The van der Waals surface area contributed by atoms with E-state index in [1.807, 2.05) is 30.0 Å². The Morgan fingerprint density at radius 1 is 1.19 bits per heavy atom. The first-order valence-electron chi connectivity index (χ1n) is 9.59. The molecule has 2 saturated heterocycles. The fourth-order valence-electron chi connectivity index (χ4n) is 3.66. The third-order valence-electron chi connectivity index (χ3n) is 5.14. The van der Waals surface area contributed by atoms with E-state index in [0.29, 0.717) is 17.9 Å². The fourth-order valence-corrected chi connectivity index (χ4v) is 4.71. The number of thioether (sulfide) groups is 1. The van der Waals surface area contributed by atoms with Gasteiger partial charge < -0.3 is 19.1 Å². The molecule has 7 heteroatoms. The van der Waals surface area contributed by atoms with Crippen molar-refractivity contribution in [1.82, 2.24) is 9.80 Å². The van der Waals surface area contributed by atoms with E-state index in [2.05, 4.69) is 9.80 Å². The van der Waals surface area contributed by atoms with Crippen molar-refractivity contribution in [2.75, 3.05) is 65.1 Å². The number of carbonyl (C=O) groups excluding carboxylic acids is 1. The minimum Gasteiger partial charge on any atom is -0.493 e. The zero-order valence-electron chi connectivity index (χ0n) is 16.3. The number of hydrogen-bond donors (Lipinski definition) is 0. The highest BCUT2D eigenvalue weighted by Gasteiger charge is 2.28. The molecule has 0 radical (unpaired) electrons. The molecule has 1 aromatic rings. The van der Waals surface area contributed by atoms with Gasteiger partial charge in [0.15, 0.2) is 11.5 Å². The van der Waals surface area contributed by atoms with Gasteiger partial charge in [-0.25, -0.2) is 0 Å². The monoisotopic (exact) mass is 394 g/mol. The van der Waals surface area contributed by atoms with E-state index in [-0.39, 0.29) is 11.9 Å². The van der Waals surface area contributed by atoms with Crippen molar-refractivity contribution in [1.29, 1.82) is 0 Å². The predicted octanol–water partition coefficient (Wildman–Crippen LogP) is 1.91. The van der Waals surface area contributed by atoms with E-state index >= 15 is 0 Å². The van der Waals surface area contributed by atoms with E-state index in [1.165, 1.54) is 0 Å². The van der Waals surface area contributed by atoms with Crippen molar-refractivity contribution in [3.05, 3.63) is 23.8 Å². The lowest BCUT2D eigenvalue weighted by Crippen LogP contribution is -2.50. The molecule has 0 aliphatic carbocycles. The summed E-state index contributed by atoms with van der Waals surface area (Å²) >= 11 is 1.96. The molecule has 27 heavy (non-hydrogen) atoms. The molecule has 0 spiro atoms. The van der Waals surface area contributed by atoms with E-state index in [4.69, 9.17) is 14.2 Å². The second kappa shape index (κ2) is 10.2. The van der Waals surface area contributed by atoms with E-state index < -0.39 is 0 Å². The van der Waals surface area contributed by atoms with Crippen LogP contribution in [0.5, 0.6) is 11.5 Å². The molecule has 1 amide bonds. The Morgan fingerprint density at radius 2 is 1.96 bits per heavy atom. The van der Waals surface area contributed by atoms with Crippen LogP contribution in [0.3, 0.4) is 0 Å². The summed E-state index contributed by atoms with van der Waals surface area (Å²) in [4.78, 5) is 17.7. The maximum atomic E-state index is 13.1. The van der Waals surface area contributed by atoms with Gasteiger partial charge in [0.1, 0.15) is 0 Å². The highest BCUT2D eigenvalue weighted by molar-refractivity contribution is 7.99. The van der Waals surface area contributed by atoms with Crippen LogP contribution in [0.15, 0.2) is 18.2 Å². The van der Waals surface area contributed by atoms with Gasteiger partial charge in [-0.15, -0.1) is 0 Å². The summed E-state index contributed by atoms with van der Waals surface area (Å²) in [5.74, 6) is 3.68. The van der Waals surface area contributed by atoms with Crippen molar-refractivity contribution in [2.24, 2.45) is 0 Å². The molecule has 0 aromatic heterocycles. The molecular weight excluding hydrogens is 364 g/mol. The molecule has 0 N–H and O–H groups in total. The molecular formula is C20H30N2O4S. The van der Waals surface area contributed by atoms with Gasteiger partial charge in [0.25, 0.3) is 0 Å². The average Bonchev–Trinajstić information content (AvgIpc) is 2.94. The second-order valence-corrected chi connectivity index (χ2v) is 8.10. The molecule has 0 unspecified atom stereocenters. The first-order valence-corrected chi connectivity index (χ1v) is 10.7. The Bertz CT molecular complexity index is 622. The Hall–Kier alpha value is -1.44. The van der Waals surface area contributed by atoms with Gasteiger partial charge in [0.2, 0.25) is 5.91 Å². The first-order chi connectivity index (χ1) is 13.2. The number of methoxy groups -OCH3 is 2. The summed E-state index contributed by atoms with van der Waals surface area (Å²) < 4.78 is 16.1. The number of carbonyl (C=O) groups is 1. The lowest BCUT2D eigenvalue weighted by molar-refractivity contribution is -0.132. The van der Waals surface area contributed by atoms with E-state index in [1.54, 1.807) is 14.2 Å². The summed E-state index contributed by atoms with van der Waals surface area (Å²) in [5.41, 5.74) is 0.958. The lowest BCUT2D eigenvalue weighted by atomic mass is 10.1. The maximum absolute atomic E-state index is 13.1. The molecule has 2 aliphatic heterocycles. The Balaban J connectivity index is 1.67. The number of benzene rings is 1. The van der Waals surface area contributed by atoms with Crippen LogP contribution in [0.1, 0.15) is 12.0 Å².